The van der Waals surface area contributed by atoms with E-state index in [4.69, 9.17) is 4.98 Å². The number of halogens is 1. The minimum absolute atomic E-state index is 0.0133. The van der Waals surface area contributed by atoms with Crippen LogP contribution in [0.4, 0.5) is 21.5 Å². The Morgan fingerprint density at radius 2 is 1.67 bits per heavy atom. The molecule has 10 nitrogen and oxygen atoms in total. The predicted octanol–water partition coefficient (Wildman–Crippen LogP) is 4.67. The Balaban J connectivity index is 1.20. The summed E-state index contributed by atoms with van der Waals surface area (Å²) in [6, 6.07) is 17.6. The summed E-state index contributed by atoms with van der Waals surface area (Å²) < 4.78 is 15.4. The molecule has 2 unspecified atom stereocenters. The molecule has 4 aromatic rings. The molecule has 0 aliphatic carbocycles. The molecule has 1 aromatic heterocycles. The van der Waals surface area contributed by atoms with Crippen LogP contribution in [0, 0.1) is 11.7 Å². The van der Waals surface area contributed by atoms with E-state index in [0.29, 0.717) is 55.3 Å². The van der Waals surface area contributed by atoms with Crippen molar-refractivity contribution < 1.29 is 18.8 Å². The molecule has 0 spiro atoms. The van der Waals surface area contributed by atoms with Gasteiger partial charge in [-0.05, 0) is 73.0 Å². The van der Waals surface area contributed by atoms with E-state index in [1.54, 1.807) is 19.1 Å². The van der Waals surface area contributed by atoms with E-state index in [-0.39, 0.29) is 35.5 Å². The maximum Gasteiger partial charge on any atom is 0.254 e. The smallest absolute Gasteiger partial charge is 0.254 e. The fraction of sp³-hybridized carbons (Fsp3) is 0.371. The molecule has 3 aliphatic rings. The summed E-state index contributed by atoms with van der Waals surface area (Å²) in [6.07, 6.45) is 0.861. The summed E-state index contributed by atoms with van der Waals surface area (Å²) in [6.45, 7) is 9.53. The van der Waals surface area contributed by atoms with Crippen molar-refractivity contribution in [2.45, 2.75) is 39.3 Å². The van der Waals surface area contributed by atoms with Gasteiger partial charge in [0.05, 0.1) is 16.7 Å². The molecule has 46 heavy (non-hydrogen) atoms. The van der Waals surface area contributed by atoms with Crippen molar-refractivity contribution in [3.05, 3.63) is 72.0 Å². The third kappa shape index (κ3) is 5.44. The first-order valence-electron chi connectivity index (χ1n) is 16.0. The predicted molar refractivity (Wildman–Crippen MR) is 177 cm³/mol. The number of nitrogens with one attached hydrogen (secondary N) is 2. The van der Waals surface area contributed by atoms with Gasteiger partial charge in [0.1, 0.15) is 17.7 Å². The normalized spacial score (nSPS) is 19.6. The molecule has 3 amide bonds. The molecule has 2 fully saturated rings. The second kappa shape index (κ2) is 11.8. The van der Waals surface area contributed by atoms with Gasteiger partial charge in [-0.3, -0.25) is 14.4 Å². The third-order valence-electron chi connectivity index (χ3n) is 9.34. The van der Waals surface area contributed by atoms with E-state index in [0.717, 1.165) is 35.4 Å². The standard InChI is InChI=1S/C35H38FN7O3/c1-21(2)32-34(45)39-29-10-9-27(42-13-12-25(20-42)37-22(3)44)19-28(29)33-38-30-18-23(4-11-31(30)43(32)33)35(46)41-16-14-40(15-17-41)26-7-5-24(36)6-8-26/h4-11,18-19,21,25,32H,12-17,20H2,1-3H3,(H,37,44)(H,39,45). The van der Waals surface area contributed by atoms with E-state index in [1.165, 1.54) is 12.1 Å². The van der Waals surface area contributed by atoms with Crippen LogP contribution in [0.5, 0.6) is 0 Å². The lowest BCUT2D eigenvalue weighted by Crippen LogP contribution is -2.48. The summed E-state index contributed by atoms with van der Waals surface area (Å²) in [4.78, 5) is 50.3. The van der Waals surface area contributed by atoms with Gasteiger partial charge in [-0.1, -0.05) is 13.8 Å². The summed E-state index contributed by atoms with van der Waals surface area (Å²) in [5, 5.41) is 6.16. The van der Waals surface area contributed by atoms with Crippen LogP contribution < -0.4 is 20.4 Å². The number of hydrogen-bond donors (Lipinski definition) is 2. The number of rotatable bonds is 5. The number of fused-ring (bicyclic) bond motifs is 5. The van der Waals surface area contributed by atoms with E-state index >= 15 is 0 Å². The minimum Gasteiger partial charge on any atom is -0.369 e. The average Bonchev–Trinajstić information content (AvgIpc) is 3.62. The Hall–Kier alpha value is -4.93. The first-order valence-corrected chi connectivity index (χ1v) is 16.0. The highest BCUT2D eigenvalue weighted by Crippen LogP contribution is 2.41. The van der Waals surface area contributed by atoms with Gasteiger partial charge in [0.2, 0.25) is 11.8 Å². The molecule has 2 saturated heterocycles. The van der Waals surface area contributed by atoms with Gasteiger partial charge >= 0.3 is 0 Å². The highest BCUT2D eigenvalue weighted by Gasteiger charge is 2.34. The van der Waals surface area contributed by atoms with Crippen molar-refractivity contribution in [3.8, 4) is 11.4 Å². The number of amides is 3. The van der Waals surface area contributed by atoms with Gasteiger partial charge < -0.3 is 29.9 Å². The highest BCUT2D eigenvalue weighted by atomic mass is 19.1. The van der Waals surface area contributed by atoms with Crippen LogP contribution in [0.25, 0.3) is 22.4 Å². The number of imidazole rings is 1. The van der Waals surface area contributed by atoms with Crippen molar-refractivity contribution >= 4 is 45.8 Å². The first-order chi connectivity index (χ1) is 22.2. The quantitative estimate of drug-likeness (QED) is 0.335. The summed E-state index contributed by atoms with van der Waals surface area (Å²) in [5.74, 6) is 0.201. The van der Waals surface area contributed by atoms with Crippen LogP contribution in [0.3, 0.4) is 0 Å². The maximum atomic E-state index is 13.7. The van der Waals surface area contributed by atoms with Gasteiger partial charge in [-0.25, -0.2) is 9.37 Å². The molecule has 11 heteroatoms. The lowest BCUT2D eigenvalue weighted by Gasteiger charge is -2.36. The number of carbonyl (C=O) groups is 3. The van der Waals surface area contributed by atoms with Gasteiger partial charge in [0, 0.05) is 74.7 Å². The van der Waals surface area contributed by atoms with Gasteiger partial charge in [-0.2, -0.15) is 0 Å². The molecule has 3 aliphatic heterocycles. The van der Waals surface area contributed by atoms with Crippen molar-refractivity contribution in [2.24, 2.45) is 5.92 Å². The number of hydrogen-bond acceptors (Lipinski definition) is 6. The SMILES string of the molecule is CC(=O)NC1CCN(c2ccc3c(c2)-c2nc4cc(C(=O)N5CCN(c6ccc(F)cc6)CC5)ccc4n2C(C(C)C)C(=O)N3)C1. The van der Waals surface area contributed by atoms with Crippen LogP contribution in [-0.4, -0.2) is 77.5 Å². The number of anilines is 3. The topological polar surface area (TPSA) is 103 Å². The monoisotopic (exact) mass is 623 g/mol. The Bertz CT molecular complexity index is 1830. The molecule has 3 aromatic carbocycles. The molecule has 4 heterocycles. The Morgan fingerprint density at radius 1 is 0.935 bits per heavy atom. The zero-order valence-electron chi connectivity index (χ0n) is 26.3. The maximum absolute atomic E-state index is 13.7. The third-order valence-corrected chi connectivity index (χ3v) is 9.34. The van der Waals surface area contributed by atoms with Crippen LogP contribution in [-0.2, 0) is 9.59 Å². The molecule has 7 rings (SSSR count). The van der Waals surface area contributed by atoms with Crippen molar-refractivity contribution in [2.75, 3.05) is 54.4 Å². The summed E-state index contributed by atoms with van der Waals surface area (Å²) >= 11 is 0. The van der Waals surface area contributed by atoms with Crippen molar-refractivity contribution in [1.82, 2.24) is 19.8 Å². The first kappa shape index (κ1) is 29.8. The molecular weight excluding hydrogens is 585 g/mol. The number of piperazine rings is 1. The minimum atomic E-state index is -0.493. The lowest BCUT2D eigenvalue weighted by molar-refractivity contribution is -0.120. The van der Waals surface area contributed by atoms with Crippen LogP contribution in [0.15, 0.2) is 60.7 Å². The second-order valence-electron chi connectivity index (χ2n) is 12.8. The fourth-order valence-electron chi connectivity index (χ4n) is 7.05. The Labute approximate surface area is 267 Å². The largest absolute Gasteiger partial charge is 0.369 e. The second-order valence-corrected chi connectivity index (χ2v) is 12.8. The number of benzene rings is 3. The van der Waals surface area contributed by atoms with E-state index in [9.17, 15) is 18.8 Å². The van der Waals surface area contributed by atoms with E-state index < -0.39 is 6.04 Å². The molecule has 2 atom stereocenters. The van der Waals surface area contributed by atoms with Gasteiger partial charge in [0.15, 0.2) is 0 Å². The average molecular weight is 624 g/mol. The molecule has 0 bridgehead atoms. The zero-order valence-corrected chi connectivity index (χ0v) is 26.3. The number of aromatic nitrogens is 2. The molecule has 238 valence electrons. The molecular formula is C35H38FN7O3. The molecule has 2 N–H and O–H groups in total. The van der Waals surface area contributed by atoms with Gasteiger partial charge in [-0.15, -0.1) is 0 Å². The highest BCUT2D eigenvalue weighted by molar-refractivity contribution is 6.03. The summed E-state index contributed by atoms with van der Waals surface area (Å²) in [7, 11) is 0. The van der Waals surface area contributed by atoms with E-state index in [2.05, 4.69) is 26.5 Å². The van der Waals surface area contributed by atoms with Crippen LogP contribution in [0.1, 0.15) is 43.6 Å². The van der Waals surface area contributed by atoms with E-state index in [1.807, 2.05) is 53.6 Å². The van der Waals surface area contributed by atoms with Crippen molar-refractivity contribution in [3.63, 3.8) is 0 Å². The van der Waals surface area contributed by atoms with Crippen molar-refractivity contribution in [1.29, 1.82) is 0 Å². The molecule has 0 radical (unpaired) electrons. The summed E-state index contributed by atoms with van der Waals surface area (Å²) in [5.41, 5.74) is 5.47. The van der Waals surface area contributed by atoms with Crippen LogP contribution >= 0.6 is 0 Å². The number of carbonyl (C=O) groups excluding carboxylic acids is 3. The van der Waals surface area contributed by atoms with Crippen LogP contribution in [0.2, 0.25) is 0 Å². The fourth-order valence-corrected chi connectivity index (χ4v) is 7.05. The lowest BCUT2D eigenvalue weighted by atomic mass is 10.0. The molecule has 0 saturated carbocycles. The Kier molecular flexibility index (Phi) is 7.62. The zero-order chi connectivity index (χ0) is 32.1. The van der Waals surface area contributed by atoms with Gasteiger partial charge in [0.25, 0.3) is 5.91 Å². The number of nitrogens with zero attached hydrogens (tertiary/aromatic N) is 5. The Morgan fingerprint density at radius 3 is 2.39 bits per heavy atom.